The first-order valence-corrected chi connectivity index (χ1v) is 9.16. The van der Waals surface area contributed by atoms with E-state index in [4.69, 9.17) is 0 Å². The van der Waals surface area contributed by atoms with Gasteiger partial charge in [-0.05, 0) is 50.6 Å². The van der Waals surface area contributed by atoms with Gasteiger partial charge in [0.25, 0.3) is 5.56 Å². The molecule has 1 unspecified atom stereocenters. The number of hydrogen-bond donors (Lipinski definition) is 1. The van der Waals surface area contributed by atoms with E-state index < -0.39 is 0 Å². The Morgan fingerprint density at radius 2 is 2.11 bits per heavy atom. The van der Waals surface area contributed by atoms with Crippen LogP contribution in [0.25, 0.3) is 27.7 Å². The van der Waals surface area contributed by atoms with Crippen molar-refractivity contribution in [1.82, 2.24) is 29.7 Å². The van der Waals surface area contributed by atoms with Crippen LogP contribution in [0.15, 0.2) is 41.5 Å². The van der Waals surface area contributed by atoms with Gasteiger partial charge in [-0.15, -0.1) is 0 Å². The molecule has 0 spiro atoms. The van der Waals surface area contributed by atoms with Gasteiger partial charge in [-0.25, -0.2) is 14.2 Å². The molecule has 0 amide bonds. The summed E-state index contributed by atoms with van der Waals surface area (Å²) < 4.78 is 3.43. The molecule has 1 fully saturated rings. The highest BCUT2D eigenvalue weighted by Crippen LogP contribution is 2.24. The van der Waals surface area contributed by atoms with Gasteiger partial charge in [-0.2, -0.15) is 10.2 Å². The van der Waals surface area contributed by atoms with E-state index in [9.17, 15) is 4.79 Å². The number of hydrogen-bond acceptors (Lipinski definition) is 5. The van der Waals surface area contributed by atoms with Gasteiger partial charge in [0.2, 0.25) is 0 Å². The summed E-state index contributed by atoms with van der Waals surface area (Å²) in [4.78, 5) is 17.3. The van der Waals surface area contributed by atoms with E-state index in [1.54, 1.807) is 10.9 Å². The quantitative estimate of drug-likeness (QED) is 0.593. The molecule has 4 aromatic rings. The van der Waals surface area contributed by atoms with E-state index >= 15 is 0 Å². The Balaban J connectivity index is 1.62. The van der Waals surface area contributed by atoms with Crippen LogP contribution in [0.2, 0.25) is 0 Å². The Morgan fingerprint density at radius 3 is 2.93 bits per heavy atom. The minimum atomic E-state index is -0.0300. The van der Waals surface area contributed by atoms with Gasteiger partial charge in [-0.3, -0.25) is 4.79 Å². The number of aryl methyl sites for hydroxylation is 2. The summed E-state index contributed by atoms with van der Waals surface area (Å²) in [7, 11) is 0. The Morgan fingerprint density at radius 1 is 1.22 bits per heavy atom. The van der Waals surface area contributed by atoms with Crippen LogP contribution in [0, 0.1) is 13.8 Å². The fraction of sp³-hybridized carbons (Fsp3) is 0.300. The van der Waals surface area contributed by atoms with Crippen LogP contribution in [0.5, 0.6) is 0 Å². The smallest absolute Gasteiger partial charge is 0.274 e. The molecule has 7 nitrogen and oxygen atoms in total. The van der Waals surface area contributed by atoms with Crippen molar-refractivity contribution in [3.63, 3.8) is 0 Å². The molecule has 7 heteroatoms. The van der Waals surface area contributed by atoms with E-state index in [1.807, 2.05) is 48.8 Å². The first kappa shape index (κ1) is 16.1. The summed E-state index contributed by atoms with van der Waals surface area (Å²) in [6, 6.07) is 7.99. The monoisotopic (exact) mass is 360 g/mol. The van der Waals surface area contributed by atoms with E-state index in [-0.39, 0.29) is 11.6 Å². The van der Waals surface area contributed by atoms with E-state index in [0.717, 1.165) is 53.1 Å². The highest BCUT2D eigenvalue weighted by Gasteiger charge is 2.19. The molecule has 4 heterocycles. The first-order valence-electron chi connectivity index (χ1n) is 9.16. The van der Waals surface area contributed by atoms with Crippen molar-refractivity contribution in [2.24, 2.45) is 0 Å². The lowest BCUT2D eigenvalue weighted by molar-refractivity contribution is 0.469. The number of nitrogens with one attached hydrogen (secondary N) is 1. The van der Waals surface area contributed by atoms with Crippen molar-refractivity contribution in [3.05, 3.63) is 58.3 Å². The normalized spacial score (nSPS) is 17.2. The summed E-state index contributed by atoms with van der Waals surface area (Å²) in [5.41, 5.74) is 4.65. The van der Waals surface area contributed by atoms with Gasteiger partial charge >= 0.3 is 0 Å². The van der Waals surface area contributed by atoms with Crippen LogP contribution in [-0.2, 0) is 0 Å². The third kappa shape index (κ3) is 2.62. The average Bonchev–Trinajstić information content (AvgIpc) is 3.31. The molecule has 1 atom stereocenters. The second-order valence-electron chi connectivity index (χ2n) is 7.21. The summed E-state index contributed by atoms with van der Waals surface area (Å²) in [5.74, 6) is 0. The van der Waals surface area contributed by atoms with Crippen molar-refractivity contribution < 1.29 is 0 Å². The molecule has 27 heavy (non-hydrogen) atoms. The molecule has 136 valence electrons. The Labute approximate surface area is 155 Å². The third-order valence-corrected chi connectivity index (χ3v) is 5.22. The van der Waals surface area contributed by atoms with E-state index in [0.29, 0.717) is 5.39 Å². The highest BCUT2D eigenvalue weighted by molar-refractivity contribution is 5.85. The predicted octanol–water partition coefficient (Wildman–Crippen LogP) is 2.26. The maximum Gasteiger partial charge on any atom is 0.274 e. The van der Waals surface area contributed by atoms with Gasteiger partial charge in [0.05, 0.1) is 35.2 Å². The highest BCUT2D eigenvalue weighted by atomic mass is 16.1. The predicted molar refractivity (Wildman–Crippen MR) is 104 cm³/mol. The minimum absolute atomic E-state index is 0.0300. The second-order valence-corrected chi connectivity index (χ2v) is 7.21. The van der Waals surface area contributed by atoms with E-state index in [2.05, 4.69) is 20.5 Å². The molecule has 1 aliphatic heterocycles. The fourth-order valence-corrected chi connectivity index (χ4v) is 3.82. The molecule has 0 radical (unpaired) electrons. The van der Waals surface area contributed by atoms with Gasteiger partial charge < -0.3 is 5.32 Å². The Kier molecular flexibility index (Phi) is 3.58. The summed E-state index contributed by atoms with van der Waals surface area (Å²) in [5, 5.41) is 13.9. The summed E-state index contributed by atoms with van der Waals surface area (Å²) in [6.45, 7) is 5.71. The van der Waals surface area contributed by atoms with Crippen LogP contribution in [-0.4, -0.2) is 37.5 Å². The van der Waals surface area contributed by atoms with E-state index in [1.165, 1.54) is 0 Å². The molecule has 0 saturated carbocycles. The lowest BCUT2D eigenvalue weighted by Crippen LogP contribution is -2.28. The molecule has 1 saturated heterocycles. The molecule has 5 rings (SSSR count). The maximum absolute atomic E-state index is 12.8. The maximum atomic E-state index is 12.8. The zero-order valence-corrected chi connectivity index (χ0v) is 15.3. The Bertz CT molecular complexity index is 1230. The van der Waals surface area contributed by atoms with Crippen LogP contribution in [0.1, 0.15) is 23.7 Å². The molecular weight excluding hydrogens is 340 g/mol. The zero-order chi connectivity index (χ0) is 18.5. The topological polar surface area (TPSA) is 77.1 Å². The van der Waals surface area contributed by atoms with Gasteiger partial charge in [0, 0.05) is 17.5 Å². The lowest BCUT2D eigenvalue weighted by atomic mass is 10.1. The number of imidazole rings is 1. The zero-order valence-electron chi connectivity index (χ0n) is 15.3. The summed E-state index contributed by atoms with van der Waals surface area (Å²) in [6.07, 6.45) is 4.64. The van der Waals surface area contributed by atoms with Gasteiger partial charge in [-0.1, -0.05) is 6.07 Å². The molecule has 1 aliphatic rings. The number of nitrogens with zero attached hydrogens (tertiary/aromatic N) is 5. The number of rotatable bonds is 2. The van der Waals surface area contributed by atoms with Gasteiger partial charge in [0.15, 0.2) is 5.65 Å². The first-order chi connectivity index (χ1) is 13.1. The summed E-state index contributed by atoms with van der Waals surface area (Å²) >= 11 is 0. The SMILES string of the molecule is Cc1cn2nc(-c3ccc4c(=O)n(C5CCNC5)ncc4c3)cc(C)c2n1. The Hall–Kier alpha value is -3.06. The van der Waals surface area contributed by atoms with Crippen LogP contribution < -0.4 is 10.9 Å². The third-order valence-electron chi connectivity index (χ3n) is 5.22. The molecule has 1 aromatic carbocycles. The standard InChI is InChI=1S/C20H20N6O/c1-12-7-18(24-25-11-13(2)23-19(12)25)14-3-4-17-15(8-14)9-22-26(20(17)27)16-5-6-21-10-16/h3-4,7-9,11,16,21H,5-6,10H2,1-2H3. The molecule has 1 N–H and O–H groups in total. The molecule has 0 bridgehead atoms. The lowest BCUT2D eigenvalue weighted by Gasteiger charge is -2.12. The van der Waals surface area contributed by atoms with Crippen LogP contribution >= 0.6 is 0 Å². The van der Waals surface area contributed by atoms with Crippen molar-refractivity contribution in [2.45, 2.75) is 26.3 Å². The largest absolute Gasteiger partial charge is 0.315 e. The van der Waals surface area contributed by atoms with Crippen molar-refractivity contribution in [2.75, 3.05) is 13.1 Å². The fourth-order valence-electron chi connectivity index (χ4n) is 3.82. The number of fused-ring (bicyclic) bond motifs is 2. The average molecular weight is 360 g/mol. The second kappa shape index (κ2) is 5.99. The van der Waals surface area contributed by atoms with Crippen molar-refractivity contribution in [3.8, 4) is 11.3 Å². The van der Waals surface area contributed by atoms with Gasteiger partial charge in [0.1, 0.15) is 0 Å². The number of aromatic nitrogens is 5. The molecule has 0 aliphatic carbocycles. The van der Waals surface area contributed by atoms with Crippen molar-refractivity contribution >= 4 is 16.4 Å². The van der Waals surface area contributed by atoms with Crippen molar-refractivity contribution in [1.29, 1.82) is 0 Å². The number of benzene rings is 1. The van der Waals surface area contributed by atoms with Crippen LogP contribution in [0.4, 0.5) is 0 Å². The molecular formula is C20H20N6O. The van der Waals surface area contributed by atoms with Crippen LogP contribution in [0.3, 0.4) is 0 Å². The molecule has 3 aromatic heterocycles. The minimum Gasteiger partial charge on any atom is -0.315 e.